The molecule has 1 aliphatic heterocycles. The summed E-state index contributed by atoms with van der Waals surface area (Å²) in [6, 6.07) is 4.49. The SMILES string of the molecule is CNCC1CCCN1S(=O)(=O)c1ccc(C)c(C(N)=O)c1. The molecule has 1 unspecified atom stereocenters. The van der Waals surface area contributed by atoms with E-state index < -0.39 is 15.9 Å². The molecule has 1 atom stereocenters. The summed E-state index contributed by atoms with van der Waals surface area (Å²) < 4.78 is 27.0. The van der Waals surface area contributed by atoms with Crippen molar-refractivity contribution in [1.29, 1.82) is 0 Å². The van der Waals surface area contributed by atoms with E-state index in [0.29, 0.717) is 18.7 Å². The molecule has 0 radical (unpaired) electrons. The zero-order valence-corrected chi connectivity index (χ0v) is 13.1. The van der Waals surface area contributed by atoms with Crippen LogP contribution in [0.4, 0.5) is 0 Å². The number of aryl methyl sites for hydroxylation is 1. The molecule has 0 aliphatic carbocycles. The van der Waals surface area contributed by atoms with Gasteiger partial charge in [-0.05, 0) is 44.5 Å². The van der Waals surface area contributed by atoms with Crippen LogP contribution in [-0.4, -0.2) is 44.8 Å². The number of nitrogens with two attached hydrogens (primary N) is 1. The minimum absolute atomic E-state index is 0.0432. The molecule has 1 aromatic rings. The topological polar surface area (TPSA) is 92.5 Å². The molecule has 1 aromatic carbocycles. The van der Waals surface area contributed by atoms with Crippen LogP contribution in [0.1, 0.15) is 28.8 Å². The van der Waals surface area contributed by atoms with Crippen LogP contribution < -0.4 is 11.1 Å². The summed E-state index contributed by atoms with van der Waals surface area (Å²) in [5, 5.41) is 3.02. The quantitative estimate of drug-likeness (QED) is 0.826. The predicted molar refractivity (Wildman–Crippen MR) is 80.5 cm³/mol. The third-order valence-corrected chi connectivity index (χ3v) is 5.79. The van der Waals surface area contributed by atoms with Crippen molar-refractivity contribution in [3.8, 4) is 0 Å². The van der Waals surface area contributed by atoms with E-state index in [4.69, 9.17) is 5.73 Å². The molecule has 1 aliphatic rings. The Morgan fingerprint density at radius 2 is 2.19 bits per heavy atom. The molecule has 0 aromatic heterocycles. The van der Waals surface area contributed by atoms with E-state index in [-0.39, 0.29) is 16.5 Å². The molecular formula is C14H21N3O3S. The number of carbonyl (C=O) groups excluding carboxylic acids is 1. The molecule has 1 fully saturated rings. The molecule has 0 saturated carbocycles. The molecule has 0 bridgehead atoms. The van der Waals surface area contributed by atoms with Crippen LogP contribution in [0, 0.1) is 6.92 Å². The van der Waals surface area contributed by atoms with Gasteiger partial charge in [-0.1, -0.05) is 6.07 Å². The minimum atomic E-state index is -3.60. The van der Waals surface area contributed by atoms with E-state index in [1.165, 1.54) is 16.4 Å². The Labute approximate surface area is 125 Å². The van der Waals surface area contributed by atoms with Gasteiger partial charge in [0, 0.05) is 24.7 Å². The van der Waals surface area contributed by atoms with E-state index in [1.54, 1.807) is 20.0 Å². The van der Waals surface area contributed by atoms with E-state index >= 15 is 0 Å². The molecule has 1 amide bonds. The molecule has 2 rings (SSSR count). The maximum Gasteiger partial charge on any atom is 0.249 e. The maximum absolute atomic E-state index is 12.8. The van der Waals surface area contributed by atoms with Gasteiger partial charge in [0.25, 0.3) is 0 Å². The lowest BCUT2D eigenvalue weighted by Gasteiger charge is -2.24. The van der Waals surface area contributed by atoms with Gasteiger partial charge in [0.2, 0.25) is 15.9 Å². The van der Waals surface area contributed by atoms with Gasteiger partial charge in [0.15, 0.2) is 0 Å². The number of hydrogen-bond donors (Lipinski definition) is 2. The standard InChI is InChI=1S/C14H21N3O3S/c1-10-5-6-12(8-13(10)14(15)18)21(19,20)17-7-3-4-11(17)9-16-2/h5-6,8,11,16H,3-4,7,9H2,1-2H3,(H2,15,18). The average Bonchev–Trinajstić information content (AvgIpc) is 2.88. The van der Waals surface area contributed by atoms with Gasteiger partial charge in [0.05, 0.1) is 4.90 Å². The summed E-state index contributed by atoms with van der Waals surface area (Å²) in [6.07, 6.45) is 1.69. The van der Waals surface area contributed by atoms with Crippen molar-refractivity contribution in [2.45, 2.75) is 30.7 Å². The molecule has 1 saturated heterocycles. The molecule has 6 nitrogen and oxygen atoms in total. The van der Waals surface area contributed by atoms with Crippen molar-refractivity contribution in [2.75, 3.05) is 20.1 Å². The Morgan fingerprint density at radius 1 is 1.48 bits per heavy atom. The third-order valence-electron chi connectivity index (χ3n) is 3.84. The van der Waals surface area contributed by atoms with Crippen molar-refractivity contribution in [3.63, 3.8) is 0 Å². The monoisotopic (exact) mass is 311 g/mol. The van der Waals surface area contributed by atoms with Gasteiger partial charge >= 0.3 is 0 Å². The lowest BCUT2D eigenvalue weighted by molar-refractivity contribution is 0.0999. The maximum atomic E-state index is 12.8. The summed E-state index contributed by atoms with van der Waals surface area (Å²) in [4.78, 5) is 11.5. The number of hydrogen-bond acceptors (Lipinski definition) is 4. The first-order chi connectivity index (χ1) is 9.87. The highest BCUT2D eigenvalue weighted by atomic mass is 32.2. The summed E-state index contributed by atoms with van der Waals surface area (Å²) in [5.74, 6) is -0.613. The number of benzene rings is 1. The van der Waals surface area contributed by atoms with Gasteiger partial charge in [-0.2, -0.15) is 4.31 Å². The normalized spacial score (nSPS) is 19.8. The van der Waals surface area contributed by atoms with Gasteiger partial charge in [-0.3, -0.25) is 4.79 Å². The second-order valence-corrected chi connectivity index (χ2v) is 7.20. The molecule has 3 N–H and O–H groups in total. The Hall–Kier alpha value is -1.44. The Kier molecular flexibility index (Phi) is 4.65. The Balaban J connectivity index is 2.40. The van der Waals surface area contributed by atoms with E-state index in [1.807, 2.05) is 0 Å². The molecule has 1 heterocycles. The first kappa shape index (κ1) is 15.9. The van der Waals surface area contributed by atoms with Crippen LogP contribution in [0.25, 0.3) is 0 Å². The van der Waals surface area contributed by atoms with Crippen LogP contribution in [0.5, 0.6) is 0 Å². The number of amides is 1. The first-order valence-electron chi connectivity index (χ1n) is 6.95. The number of sulfonamides is 1. The molecule has 7 heteroatoms. The largest absolute Gasteiger partial charge is 0.366 e. The number of rotatable bonds is 5. The number of carbonyl (C=O) groups is 1. The van der Waals surface area contributed by atoms with Crippen molar-refractivity contribution >= 4 is 15.9 Å². The lowest BCUT2D eigenvalue weighted by atomic mass is 10.1. The number of nitrogens with zero attached hydrogens (tertiary/aromatic N) is 1. The Morgan fingerprint density at radius 3 is 2.81 bits per heavy atom. The van der Waals surface area contributed by atoms with E-state index in [9.17, 15) is 13.2 Å². The second-order valence-electron chi connectivity index (χ2n) is 5.31. The highest BCUT2D eigenvalue weighted by molar-refractivity contribution is 7.89. The van der Waals surface area contributed by atoms with Crippen LogP contribution in [0.15, 0.2) is 23.1 Å². The fourth-order valence-electron chi connectivity index (χ4n) is 2.73. The fourth-order valence-corrected chi connectivity index (χ4v) is 4.45. The van der Waals surface area contributed by atoms with Crippen molar-refractivity contribution in [2.24, 2.45) is 5.73 Å². The van der Waals surface area contributed by atoms with E-state index in [0.717, 1.165) is 12.8 Å². The summed E-state index contributed by atoms with van der Waals surface area (Å²) in [6.45, 7) is 2.86. The van der Waals surface area contributed by atoms with Gasteiger partial charge in [-0.15, -0.1) is 0 Å². The summed E-state index contributed by atoms with van der Waals surface area (Å²) in [7, 11) is -1.79. The first-order valence-corrected chi connectivity index (χ1v) is 8.39. The average molecular weight is 311 g/mol. The van der Waals surface area contributed by atoms with Crippen LogP contribution in [0.3, 0.4) is 0 Å². The highest BCUT2D eigenvalue weighted by Crippen LogP contribution is 2.26. The van der Waals surface area contributed by atoms with E-state index in [2.05, 4.69) is 5.32 Å². The van der Waals surface area contributed by atoms with Crippen LogP contribution >= 0.6 is 0 Å². The van der Waals surface area contributed by atoms with Crippen LogP contribution in [0.2, 0.25) is 0 Å². The highest BCUT2D eigenvalue weighted by Gasteiger charge is 2.35. The van der Waals surface area contributed by atoms with Gasteiger partial charge in [-0.25, -0.2) is 8.42 Å². The lowest BCUT2D eigenvalue weighted by Crippen LogP contribution is -2.40. The summed E-state index contributed by atoms with van der Waals surface area (Å²) >= 11 is 0. The predicted octanol–water partition coefficient (Wildman–Crippen LogP) is 0.466. The van der Waals surface area contributed by atoms with Crippen molar-refractivity contribution < 1.29 is 13.2 Å². The second kappa shape index (κ2) is 6.13. The number of primary amides is 1. The Bertz CT molecular complexity index is 643. The number of likely N-dealkylation sites (N-methyl/N-ethyl adjacent to an activating group) is 1. The van der Waals surface area contributed by atoms with Crippen molar-refractivity contribution in [1.82, 2.24) is 9.62 Å². The fraction of sp³-hybridized carbons (Fsp3) is 0.500. The minimum Gasteiger partial charge on any atom is -0.366 e. The summed E-state index contributed by atoms with van der Waals surface area (Å²) in [5.41, 5.74) is 6.22. The van der Waals surface area contributed by atoms with Gasteiger partial charge in [0.1, 0.15) is 0 Å². The molecule has 21 heavy (non-hydrogen) atoms. The zero-order chi connectivity index (χ0) is 15.6. The smallest absolute Gasteiger partial charge is 0.249 e. The van der Waals surface area contributed by atoms with Gasteiger partial charge < -0.3 is 11.1 Å². The molecular weight excluding hydrogens is 290 g/mol. The molecule has 0 spiro atoms. The third kappa shape index (κ3) is 3.09. The van der Waals surface area contributed by atoms with Crippen molar-refractivity contribution in [3.05, 3.63) is 29.3 Å². The number of nitrogens with one attached hydrogen (secondary N) is 1. The van der Waals surface area contributed by atoms with Crippen LogP contribution in [-0.2, 0) is 10.0 Å². The zero-order valence-electron chi connectivity index (χ0n) is 12.3. The molecule has 116 valence electrons.